The van der Waals surface area contributed by atoms with E-state index in [1.165, 1.54) is 0 Å². The van der Waals surface area contributed by atoms with Gasteiger partial charge in [-0.25, -0.2) is 8.42 Å². The van der Waals surface area contributed by atoms with Crippen LogP contribution in [0, 0.1) is 11.3 Å². The minimum absolute atomic E-state index is 0.0597. The van der Waals surface area contributed by atoms with Gasteiger partial charge in [-0.2, -0.15) is 18.4 Å². The van der Waals surface area contributed by atoms with Crippen LogP contribution < -0.4 is 10.1 Å². The maximum atomic E-state index is 14.2. The molecule has 2 amide bonds. The molecule has 2 atom stereocenters. The molecular formula is C27H24BrClF3N3O7S. The maximum absolute atomic E-state index is 14.2. The molecule has 0 bridgehead atoms. The van der Waals surface area contributed by atoms with Gasteiger partial charge in [0.15, 0.2) is 16.4 Å². The fourth-order valence-corrected chi connectivity index (χ4v) is 7.53. The summed E-state index contributed by atoms with van der Waals surface area (Å²) in [5.41, 5.74) is -0.765. The first-order valence-corrected chi connectivity index (χ1v) is 15.7. The minimum atomic E-state index is -4.61. The van der Waals surface area contributed by atoms with E-state index in [1.54, 1.807) is 24.3 Å². The molecule has 16 heteroatoms. The van der Waals surface area contributed by atoms with E-state index in [4.69, 9.17) is 21.1 Å². The van der Waals surface area contributed by atoms with Crippen LogP contribution in [-0.2, 0) is 34.7 Å². The number of hydrogen-bond acceptors (Lipinski definition) is 8. The third-order valence-corrected chi connectivity index (χ3v) is 10.5. The Kier molecular flexibility index (Phi) is 8.47. The highest BCUT2D eigenvalue weighted by Crippen LogP contribution is 2.40. The molecule has 2 aromatic rings. The van der Waals surface area contributed by atoms with E-state index in [1.807, 2.05) is 6.07 Å². The minimum Gasteiger partial charge on any atom is -0.484 e. The van der Waals surface area contributed by atoms with Crippen molar-refractivity contribution in [1.82, 2.24) is 10.2 Å². The van der Waals surface area contributed by atoms with Crippen molar-refractivity contribution in [3.05, 3.63) is 57.5 Å². The van der Waals surface area contributed by atoms with Crippen molar-refractivity contribution in [1.29, 1.82) is 5.26 Å². The first-order valence-electron chi connectivity index (χ1n) is 13.0. The van der Waals surface area contributed by atoms with Crippen molar-refractivity contribution < 1.29 is 45.4 Å². The van der Waals surface area contributed by atoms with E-state index in [0.717, 1.165) is 27.6 Å². The summed E-state index contributed by atoms with van der Waals surface area (Å²) in [6.07, 6.45) is -4.14. The van der Waals surface area contributed by atoms with Crippen LogP contribution in [0.15, 0.2) is 51.8 Å². The van der Waals surface area contributed by atoms with Crippen LogP contribution in [0.4, 0.5) is 13.2 Å². The third-order valence-electron chi connectivity index (χ3n) is 7.40. The molecule has 2 heterocycles. The largest absolute Gasteiger partial charge is 0.484 e. The van der Waals surface area contributed by atoms with Crippen molar-refractivity contribution in [3.8, 4) is 11.8 Å². The summed E-state index contributed by atoms with van der Waals surface area (Å²) < 4.78 is 82.2. The fourth-order valence-electron chi connectivity index (χ4n) is 5.04. The van der Waals surface area contributed by atoms with E-state index in [9.17, 15) is 36.4 Å². The Morgan fingerprint density at radius 3 is 2.37 bits per heavy atom. The van der Waals surface area contributed by atoms with Crippen molar-refractivity contribution in [2.75, 3.05) is 26.4 Å². The van der Waals surface area contributed by atoms with Crippen molar-refractivity contribution >= 4 is 49.2 Å². The average molecular weight is 707 g/mol. The van der Waals surface area contributed by atoms with Crippen LogP contribution >= 0.6 is 27.5 Å². The number of rotatable bonds is 8. The normalized spacial score (nSPS) is 22.6. The molecule has 230 valence electrons. The Morgan fingerprint density at radius 1 is 1.16 bits per heavy atom. The molecule has 0 aromatic heterocycles. The number of benzene rings is 2. The number of sulfone groups is 1. The van der Waals surface area contributed by atoms with E-state index < -0.39 is 68.5 Å². The third kappa shape index (κ3) is 6.34. The predicted octanol–water partition coefficient (Wildman–Crippen LogP) is 3.86. The number of carbonyl (C=O) groups is 2. The van der Waals surface area contributed by atoms with Crippen LogP contribution in [0.3, 0.4) is 0 Å². The van der Waals surface area contributed by atoms with Crippen molar-refractivity contribution in [2.45, 2.75) is 53.0 Å². The second kappa shape index (κ2) is 11.6. The highest BCUT2D eigenvalue weighted by Gasteiger charge is 2.56. The number of alkyl halides is 3. The van der Waals surface area contributed by atoms with Gasteiger partial charge in [0.25, 0.3) is 11.7 Å². The number of nitriles is 1. The number of hydrogen-bond donors (Lipinski definition) is 1. The second-order valence-corrected chi connectivity index (χ2v) is 13.9. The van der Waals surface area contributed by atoms with Gasteiger partial charge in [0, 0.05) is 22.6 Å². The molecule has 43 heavy (non-hydrogen) atoms. The van der Waals surface area contributed by atoms with Gasteiger partial charge in [-0.05, 0) is 43.5 Å². The summed E-state index contributed by atoms with van der Waals surface area (Å²) >= 11 is 9.52. The topological polar surface area (TPSA) is 135 Å². The SMILES string of the molecule is N#CC1(NC(=O)C2CC(S(=O)(=O)c3ccc(OCC(F)(F)F)cc3Cl)CN2C(=O)C2(c3ccc(Br)cc3)OCCO2)CC1. The zero-order valence-electron chi connectivity index (χ0n) is 22.2. The lowest BCUT2D eigenvalue weighted by atomic mass is 10.0. The Labute approximate surface area is 258 Å². The summed E-state index contributed by atoms with van der Waals surface area (Å²) in [5, 5.41) is 10.4. The number of halogens is 5. The van der Waals surface area contributed by atoms with Gasteiger partial charge in [0.05, 0.1) is 34.5 Å². The highest BCUT2D eigenvalue weighted by atomic mass is 79.9. The van der Waals surface area contributed by atoms with Crippen LogP contribution in [-0.4, -0.2) is 74.5 Å². The zero-order chi connectivity index (χ0) is 31.2. The first kappa shape index (κ1) is 31.5. The quantitative estimate of drug-likeness (QED) is 0.438. The molecular weight excluding hydrogens is 683 g/mol. The molecule has 0 radical (unpaired) electrons. The van der Waals surface area contributed by atoms with Crippen LogP contribution in [0.1, 0.15) is 24.8 Å². The Morgan fingerprint density at radius 2 is 1.81 bits per heavy atom. The molecule has 10 nitrogen and oxygen atoms in total. The summed E-state index contributed by atoms with van der Waals surface area (Å²) in [6.45, 7) is -1.93. The van der Waals surface area contributed by atoms with Gasteiger partial charge in [-0.3, -0.25) is 9.59 Å². The van der Waals surface area contributed by atoms with Crippen LogP contribution in [0.5, 0.6) is 5.75 Å². The average Bonchev–Trinajstić information content (AvgIpc) is 3.34. The number of nitrogens with one attached hydrogen (secondary N) is 1. The number of ether oxygens (including phenoxy) is 3. The summed E-state index contributed by atoms with van der Waals surface area (Å²) in [4.78, 5) is 28.3. The first-order chi connectivity index (χ1) is 20.2. The Hall–Kier alpha value is -2.90. The summed E-state index contributed by atoms with van der Waals surface area (Å²) in [6, 6.07) is 10.3. The smallest absolute Gasteiger partial charge is 0.422 e. The highest BCUT2D eigenvalue weighted by molar-refractivity contribution is 9.10. The fraction of sp³-hybridized carbons (Fsp3) is 0.444. The molecule has 0 spiro atoms. The van der Waals surface area contributed by atoms with Gasteiger partial charge in [-0.1, -0.05) is 39.7 Å². The number of likely N-dealkylation sites (tertiary alicyclic amines) is 1. The Bertz CT molecular complexity index is 1570. The van der Waals surface area contributed by atoms with E-state index in [2.05, 4.69) is 26.0 Å². The monoisotopic (exact) mass is 705 g/mol. The van der Waals surface area contributed by atoms with E-state index in [0.29, 0.717) is 18.4 Å². The molecule has 2 unspecified atom stereocenters. The maximum Gasteiger partial charge on any atom is 0.422 e. The van der Waals surface area contributed by atoms with Gasteiger partial charge in [0.1, 0.15) is 17.3 Å². The summed E-state index contributed by atoms with van der Waals surface area (Å²) in [5.74, 6) is -3.75. The van der Waals surface area contributed by atoms with E-state index >= 15 is 0 Å². The standard InChI is InChI=1S/C27H24BrClF3N3O7S/c28-17-3-1-16(2-4-17)27(41-9-10-42-27)24(37)35-13-19(12-21(35)23(36)34-25(14-33)7-8-25)43(38,39)22-6-5-18(11-20(22)29)40-15-26(30,31)32/h1-6,11,19,21H,7-10,12-13,15H2,(H,34,36). The second-order valence-electron chi connectivity index (χ2n) is 10.4. The lowest BCUT2D eigenvalue weighted by Gasteiger charge is -2.33. The Balaban J connectivity index is 1.47. The zero-order valence-corrected chi connectivity index (χ0v) is 25.4. The lowest BCUT2D eigenvalue weighted by Crippen LogP contribution is -2.55. The molecule has 5 rings (SSSR count). The van der Waals surface area contributed by atoms with Gasteiger partial charge in [0.2, 0.25) is 5.91 Å². The number of nitrogens with zero attached hydrogens (tertiary/aromatic N) is 2. The summed E-state index contributed by atoms with van der Waals surface area (Å²) in [7, 11) is -4.35. The molecule has 2 aliphatic heterocycles. The van der Waals surface area contributed by atoms with Crippen molar-refractivity contribution in [3.63, 3.8) is 0 Å². The molecule has 3 fully saturated rings. The van der Waals surface area contributed by atoms with Crippen LogP contribution in [0.25, 0.3) is 0 Å². The molecule has 1 aliphatic carbocycles. The molecule has 1 N–H and O–H groups in total. The molecule has 2 aromatic carbocycles. The lowest BCUT2D eigenvalue weighted by molar-refractivity contribution is -0.199. The molecule has 1 saturated carbocycles. The van der Waals surface area contributed by atoms with Gasteiger partial charge in [-0.15, -0.1) is 0 Å². The number of carbonyl (C=O) groups excluding carboxylic acids is 2. The predicted molar refractivity (Wildman–Crippen MR) is 148 cm³/mol. The molecule has 2 saturated heterocycles. The molecule has 3 aliphatic rings. The van der Waals surface area contributed by atoms with Crippen molar-refractivity contribution in [2.24, 2.45) is 0 Å². The van der Waals surface area contributed by atoms with Crippen LogP contribution in [0.2, 0.25) is 5.02 Å². The number of amides is 2. The van der Waals surface area contributed by atoms with E-state index in [-0.39, 0.29) is 30.4 Å². The van der Waals surface area contributed by atoms with Gasteiger partial charge < -0.3 is 24.4 Å². The van der Waals surface area contributed by atoms with Gasteiger partial charge >= 0.3 is 6.18 Å².